The number of methoxy groups -OCH3 is 1. The molecule has 1 aromatic rings. The number of carbonyl (C=O) groups excluding carboxylic acids is 1. The first-order valence-corrected chi connectivity index (χ1v) is 13.8. The fourth-order valence-electron chi connectivity index (χ4n) is 4.54. The van der Waals surface area contributed by atoms with Gasteiger partial charge in [0.2, 0.25) is 5.91 Å². The lowest BCUT2D eigenvalue weighted by Crippen LogP contribution is -2.62. The van der Waals surface area contributed by atoms with Crippen LogP contribution in [0, 0.1) is 11.2 Å². The number of nitrogens with one attached hydrogen (secondary N) is 2. The number of hydrogen-bond donors (Lipinski definition) is 3. The van der Waals surface area contributed by atoms with E-state index in [0.717, 1.165) is 23.2 Å². The van der Waals surface area contributed by atoms with Gasteiger partial charge >= 0.3 is 0 Å². The standard InChI is InChI=1S/C26H36FN3O5S/c1-25(2,3)19-15-26(4,30-12-11-22(31)29-24(30)32)14-18(23(19)35-5)9-7-17-8-10-21(20(27)13-17)28-16-36(6,33)34/h7-10,13,15,24,28,32H,11-12,14,16H2,1-6H3,(H,29,31)/b9-7+. The Morgan fingerprint density at radius 1 is 1.33 bits per heavy atom. The Hall–Kier alpha value is -2.69. The Labute approximate surface area is 212 Å². The third-order valence-electron chi connectivity index (χ3n) is 6.37. The summed E-state index contributed by atoms with van der Waals surface area (Å²) in [6.45, 7) is 8.66. The Morgan fingerprint density at radius 2 is 2.03 bits per heavy atom. The second kappa shape index (κ2) is 10.4. The third-order valence-corrected chi connectivity index (χ3v) is 7.04. The highest BCUT2D eigenvalue weighted by atomic mass is 32.2. The zero-order valence-electron chi connectivity index (χ0n) is 21.7. The molecule has 36 heavy (non-hydrogen) atoms. The smallest absolute Gasteiger partial charge is 0.224 e. The van der Waals surface area contributed by atoms with Gasteiger partial charge in [-0.2, -0.15) is 0 Å². The molecule has 8 nitrogen and oxygen atoms in total. The molecule has 0 radical (unpaired) electrons. The van der Waals surface area contributed by atoms with Gasteiger partial charge in [0.15, 0.2) is 16.2 Å². The van der Waals surface area contributed by atoms with Gasteiger partial charge in [0.1, 0.15) is 17.5 Å². The molecule has 0 spiro atoms. The molecule has 1 aliphatic heterocycles. The number of nitrogens with zero attached hydrogens (tertiary/aromatic N) is 1. The van der Waals surface area contributed by atoms with E-state index >= 15 is 0 Å². The Kier molecular flexibility index (Phi) is 8.02. The van der Waals surface area contributed by atoms with Gasteiger partial charge in [-0.1, -0.05) is 45.1 Å². The summed E-state index contributed by atoms with van der Waals surface area (Å²) in [5, 5.41) is 15.8. The fraction of sp³-hybridized carbons (Fsp3) is 0.500. The number of amides is 1. The van der Waals surface area contributed by atoms with Crippen molar-refractivity contribution in [2.24, 2.45) is 5.41 Å². The van der Waals surface area contributed by atoms with Gasteiger partial charge < -0.3 is 20.5 Å². The molecular formula is C26H36FN3O5S. The molecule has 1 heterocycles. The minimum atomic E-state index is -3.29. The average Bonchev–Trinajstić information content (AvgIpc) is 2.75. The highest BCUT2D eigenvalue weighted by molar-refractivity contribution is 7.90. The molecule has 0 aromatic heterocycles. The number of rotatable bonds is 7. The molecule has 1 aromatic carbocycles. The number of benzene rings is 1. The second-order valence-electron chi connectivity index (χ2n) is 10.6. The Morgan fingerprint density at radius 3 is 2.58 bits per heavy atom. The summed E-state index contributed by atoms with van der Waals surface area (Å²) in [5.74, 6) is -0.383. The molecule has 1 fully saturated rings. The van der Waals surface area contributed by atoms with E-state index in [1.165, 1.54) is 12.1 Å². The zero-order chi connectivity index (χ0) is 26.9. The number of ether oxygens (including phenoxy) is 1. The van der Waals surface area contributed by atoms with Crippen LogP contribution in [-0.2, 0) is 19.4 Å². The van der Waals surface area contributed by atoms with Crippen molar-refractivity contribution in [2.75, 3.05) is 31.1 Å². The van der Waals surface area contributed by atoms with Crippen LogP contribution in [0.15, 0.2) is 47.3 Å². The highest BCUT2D eigenvalue weighted by Gasteiger charge is 2.43. The highest BCUT2D eigenvalue weighted by Crippen LogP contribution is 2.44. The van der Waals surface area contributed by atoms with E-state index in [1.54, 1.807) is 19.3 Å². The molecule has 3 rings (SSSR count). The number of allylic oxidation sites excluding steroid dienone is 2. The maximum absolute atomic E-state index is 14.6. The van der Waals surface area contributed by atoms with Gasteiger partial charge in [-0.25, -0.2) is 12.8 Å². The molecule has 0 saturated carbocycles. The van der Waals surface area contributed by atoms with Gasteiger partial charge in [-0.05, 0) is 47.6 Å². The maximum atomic E-state index is 14.6. The molecule has 10 heteroatoms. The second-order valence-corrected chi connectivity index (χ2v) is 12.7. The van der Waals surface area contributed by atoms with Crippen LogP contribution in [0.3, 0.4) is 0 Å². The summed E-state index contributed by atoms with van der Waals surface area (Å²) in [7, 11) is -1.68. The molecule has 2 aliphatic rings. The summed E-state index contributed by atoms with van der Waals surface area (Å²) in [5.41, 5.74) is 1.67. The van der Waals surface area contributed by atoms with E-state index in [-0.39, 0.29) is 29.3 Å². The first-order chi connectivity index (χ1) is 16.6. The number of hydrogen-bond acceptors (Lipinski definition) is 7. The number of halogens is 1. The molecule has 198 valence electrons. The monoisotopic (exact) mass is 521 g/mol. The Balaban J connectivity index is 1.95. The van der Waals surface area contributed by atoms with Gasteiger partial charge in [0, 0.05) is 24.8 Å². The lowest BCUT2D eigenvalue weighted by molar-refractivity contribution is -0.142. The topological polar surface area (TPSA) is 108 Å². The van der Waals surface area contributed by atoms with Gasteiger partial charge in [-0.3, -0.25) is 9.69 Å². The van der Waals surface area contributed by atoms with Crippen LogP contribution < -0.4 is 10.6 Å². The van der Waals surface area contributed by atoms with Crippen LogP contribution in [0.2, 0.25) is 0 Å². The van der Waals surface area contributed by atoms with Crippen LogP contribution in [0.4, 0.5) is 10.1 Å². The van der Waals surface area contributed by atoms with Crippen LogP contribution in [-0.4, -0.2) is 62.0 Å². The minimum absolute atomic E-state index is 0.110. The van der Waals surface area contributed by atoms with Crippen molar-refractivity contribution in [1.29, 1.82) is 0 Å². The van der Waals surface area contributed by atoms with Crippen molar-refractivity contribution in [2.45, 2.75) is 52.4 Å². The Bertz CT molecular complexity index is 1220. The quantitative estimate of drug-likeness (QED) is 0.505. The molecule has 0 bridgehead atoms. The van der Waals surface area contributed by atoms with Crippen molar-refractivity contribution < 1.29 is 27.4 Å². The third kappa shape index (κ3) is 6.54. The van der Waals surface area contributed by atoms with E-state index in [9.17, 15) is 22.7 Å². The largest absolute Gasteiger partial charge is 0.496 e. The predicted molar refractivity (Wildman–Crippen MR) is 139 cm³/mol. The molecular weight excluding hydrogens is 485 g/mol. The first kappa shape index (κ1) is 27.9. The van der Waals surface area contributed by atoms with Crippen molar-refractivity contribution in [3.63, 3.8) is 0 Å². The van der Waals surface area contributed by atoms with Crippen LogP contribution in [0.5, 0.6) is 0 Å². The summed E-state index contributed by atoms with van der Waals surface area (Å²) in [4.78, 5) is 13.6. The summed E-state index contributed by atoms with van der Waals surface area (Å²) in [6.07, 6.45) is 6.51. The van der Waals surface area contributed by atoms with Crippen molar-refractivity contribution in [3.05, 3.63) is 58.6 Å². The molecule has 3 N–H and O–H groups in total. The lowest BCUT2D eigenvalue weighted by Gasteiger charge is -2.47. The molecule has 1 amide bonds. The number of sulfone groups is 1. The number of anilines is 1. The van der Waals surface area contributed by atoms with Crippen LogP contribution in [0.1, 0.15) is 46.1 Å². The van der Waals surface area contributed by atoms with E-state index in [1.807, 2.05) is 17.9 Å². The van der Waals surface area contributed by atoms with Crippen molar-refractivity contribution in [3.8, 4) is 0 Å². The number of aliphatic hydroxyl groups is 1. The fourth-order valence-corrected chi connectivity index (χ4v) is 4.96. The molecule has 2 atom stereocenters. The van der Waals surface area contributed by atoms with Crippen molar-refractivity contribution >= 4 is 27.5 Å². The van der Waals surface area contributed by atoms with Crippen LogP contribution >= 0.6 is 0 Å². The molecule has 2 unspecified atom stereocenters. The lowest BCUT2D eigenvalue weighted by atomic mass is 9.74. The van der Waals surface area contributed by atoms with E-state index < -0.39 is 27.5 Å². The normalized spacial score (nSPS) is 24.1. The van der Waals surface area contributed by atoms with Crippen LogP contribution in [0.25, 0.3) is 6.08 Å². The molecule has 1 saturated heterocycles. The van der Waals surface area contributed by atoms with E-state index in [4.69, 9.17) is 4.74 Å². The van der Waals surface area contributed by atoms with Gasteiger partial charge in [0.05, 0.1) is 12.8 Å². The predicted octanol–water partition coefficient (Wildman–Crippen LogP) is 3.39. The van der Waals surface area contributed by atoms with Gasteiger partial charge in [-0.15, -0.1) is 0 Å². The summed E-state index contributed by atoms with van der Waals surface area (Å²) in [6, 6.07) is 4.54. The van der Waals surface area contributed by atoms with Crippen molar-refractivity contribution in [1.82, 2.24) is 10.2 Å². The number of carbonyl (C=O) groups is 1. The summed E-state index contributed by atoms with van der Waals surface area (Å²) < 4.78 is 43.1. The number of aliphatic hydroxyl groups excluding tert-OH is 1. The minimum Gasteiger partial charge on any atom is -0.496 e. The first-order valence-electron chi connectivity index (χ1n) is 11.8. The van der Waals surface area contributed by atoms with E-state index in [2.05, 4.69) is 37.5 Å². The average molecular weight is 522 g/mol. The SMILES string of the molecule is COC1=C(/C=C/c2ccc(NCS(C)(=O)=O)c(F)c2)CC(C)(N2CCC(=O)NC2O)C=C1C(C)(C)C. The van der Waals surface area contributed by atoms with E-state index in [0.29, 0.717) is 18.5 Å². The zero-order valence-corrected chi connectivity index (χ0v) is 22.5. The molecule has 1 aliphatic carbocycles. The summed E-state index contributed by atoms with van der Waals surface area (Å²) >= 11 is 0. The van der Waals surface area contributed by atoms with Gasteiger partial charge in [0.25, 0.3) is 0 Å². The maximum Gasteiger partial charge on any atom is 0.224 e.